The Kier molecular flexibility index (Phi) is 3.97. The summed E-state index contributed by atoms with van der Waals surface area (Å²) < 4.78 is 5.05. The molecule has 0 heterocycles. The molecule has 4 aromatic rings. The first kappa shape index (κ1) is 16.6. The summed E-state index contributed by atoms with van der Waals surface area (Å²) in [6, 6.07) is 19.5. The lowest BCUT2D eigenvalue weighted by Crippen LogP contribution is -2.13. The lowest BCUT2D eigenvalue weighted by Gasteiger charge is -2.09. The van der Waals surface area contributed by atoms with Crippen LogP contribution in [0.2, 0.25) is 0 Å². The predicted octanol–water partition coefficient (Wildman–Crippen LogP) is 4.40. The standard InChI is InChI=1S/C22H14O5/c23-15-9-13-5-1-3-7-17(13)19(11-15)21(25)27-22(26)20-12-16(24)10-14-6-2-4-8-18(14)20/h1-12,23-24H. The molecule has 0 unspecified atom stereocenters. The highest BCUT2D eigenvalue weighted by Gasteiger charge is 2.20. The molecule has 0 spiro atoms. The van der Waals surface area contributed by atoms with Crippen LogP contribution in [0.1, 0.15) is 20.7 Å². The molecule has 0 aliphatic rings. The first-order chi connectivity index (χ1) is 13.0. The number of carbonyl (C=O) groups is 2. The van der Waals surface area contributed by atoms with Crippen LogP contribution >= 0.6 is 0 Å². The molecule has 2 N–H and O–H groups in total. The van der Waals surface area contributed by atoms with Crippen LogP contribution in [0.3, 0.4) is 0 Å². The Labute approximate surface area is 154 Å². The highest BCUT2D eigenvalue weighted by molar-refractivity contribution is 6.13. The third-order valence-electron chi connectivity index (χ3n) is 4.32. The van der Waals surface area contributed by atoms with Crippen molar-refractivity contribution in [3.8, 4) is 11.5 Å². The van der Waals surface area contributed by atoms with Gasteiger partial charge in [-0.15, -0.1) is 0 Å². The Balaban J connectivity index is 1.74. The van der Waals surface area contributed by atoms with Crippen molar-refractivity contribution in [1.29, 1.82) is 0 Å². The van der Waals surface area contributed by atoms with Gasteiger partial charge in [0.25, 0.3) is 0 Å². The normalized spacial score (nSPS) is 10.8. The van der Waals surface area contributed by atoms with Crippen LogP contribution in [0.25, 0.3) is 21.5 Å². The van der Waals surface area contributed by atoms with Crippen LogP contribution in [0.15, 0.2) is 72.8 Å². The number of hydrogen-bond donors (Lipinski definition) is 2. The van der Waals surface area contributed by atoms with E-state index in [1.54, 1.807) is 48.5 Å². The Bertz CT molecular complexity index is 1110. The smallest absolute Gasteiger partial charge is 0.346 e. The number of aromatic hydroxyl groups is 2. The van der Waals surface area contributed by atoms with E-state index in [2.05, 4.69) is 0 Å². The maximum Gasteiger partial charge on any atom is 0.346 e. The monoisotopic (exact) mass is 358 g/mol. The van der Waals surface area contributed by atoms with Crippen LogP contribution in [0.4, 0.5) is 0 Å². The van der Waals surface area contributed by atoms with E-state index in [0.717, 1.165) is 0 Å². The maximum absolute atomic E-state index is 12.6. The molecule has 27 heavy (non-hydrogen) atoms. The zero-order valence-electron chi connectivity index (χ0n) is 14.0. The first-order valence-corrected chi connectivity index (χ1v) is 8.23. The molecule has 0 amide bonds. The van der Waals surface area contributed by atoms with Crippen molar-refractivity contribution in [3.63, 3.8) is 0 Å². The summed E-state index contributed by atoms with van der Waals surface area (Å²) in [5.74, 6) is -1.95. The van der Waals surface area contributed by atoms with Gasteiger partial charge in [-0.25, -0.2) is 9.59 Å². The minimum Gasteiger partial charge on any atom is -0.508 e. The lowest BCUT2D eigenvalue weighted by atomic mass is 10.0. The average molecular weight is 358 g/mol. The molecular formula is C22H14O5. The number of fused-ring (bicyclic) bond motifs is 2. The number of carbonyl (C=O) groups excluding carboxylic acids is 2. The largest absolute Gasteiger partial charge is 0.508 e. The van der Waals surface area contributed by atoms with Crippen LogP contribution in [-0.2, 0) is 4.74 Å². The Morgan fingerprint density at radius 1 is 0.630 bits per heavy atom. The van der Waals surface area contributed by atoms with Gasteiger partial charge in [-0.05, 0) is 45.8 Å². The second-order valence-electron chi connectivity index (χ2n) is 6.11. The number of benzene rings is 4. The summed E-state index contributed by atoms with van der Waals surface area (Å²) in [5.41, 5.74) is 0.173. The lowest BCUT2D eigenvalue weighted by molar-refractivity contribution is 0.0400. The Morgan fingerprint density at radius 3 is 1.48 bits per heavy atom. The molecular weight excluding hydrogens is 344 g/mol. The van der Waals surface area contributed by atoms with Gasteiger partial charge < -0.3 is 14.9 Å². The van der Waals surface area contributed by atoms with Crippen molar-refractivity contribution in [2.24, 2.45) is 0 Å². The van der Waals surface area contributed by atoms with Crippen LogP contribution in [0.5, 0.6) is 11.5 Å². The fraction of sp³-hybridized carbons (Fsp3) is 0. The molecule has 4 aromatic carbocycles. The second-order valence-corrected chi connectivity index (χ2v) is 6.11. The molecule has 0 aliphatic heterocycles. The summed E-state index contributed by atoms with van der Waals surface area (Å²) >= 11 is 0. The third-order valence-corrected chi connectivity index (χ3v) is 4.32. The van der Waals surface area contributed by atoms with Crippen LogP contribution in [-0.4, -0.2) is 22.2 Å². The number of esters is 2. The van der Waals surface area contributed by atoms with Gasteiger partial charge in [-0.1, -0.05) is 48.5 Å². The summed E-state index contributed by atoms with van der Waals surface area (Å²) in [6.07, 6.45) is 0. The van der Waals surface area contributed by atoms with Crippen molar-refractivity contribution in [3.05, 3.63) is 83.9 Å². The van der Waals surface area contributed by atoms with E-state index in [4.69, 9.17) is 4.74 Å². The van der Waals surface area contributed by atoms with Gasteiger partial charge in [0.2, 0.25) is 0 Å². The number of hydrogen-bond acceptors (Lipinski definition) is 5. The van der Waals surface area contributed by atoms with Gasteiger partial charge in [-0.3, -0.25) is 0 Å². The molecule has 5 nitrogen and oxygen atoms in total. The Morgan fingerprint density at radius 2 is 1.04 bits per heavy atom. The molecule has 0 aromatic heterocycles. The SMILES string of the molecule is O=C(OC(=O)c1cc(O)cc2ccccc12)c1cc(O)cc2ccccc12. The molecule has 4 rings (SSSR count). The Hall–Kier alpha value is -3.86. The van der Waals surface area contributed by atoms with E-state index in [9.17, 15) is 19.8 Å². The molecule has 0 fully saturated rings. The van der Waals surface area contributed by atoms with Gasteiger partial charge in [0.1, 0.15) is 11.5 Å². The molecule has 0 aliphatic carbocycles. The first-order valence-electron chi connectivity index (χ1n) is 8.23. The van der Waals surface area contributed by atoms with Crippen molar-refractivity contribution < 1.29 is 24.5 Å². The third kappa shape index (κ3) is 3.06. The van der Waals surface area contributed by atoms with Gasteiger partial charge in [0.15, 0.2) is 0 Å². The average Bonchev–Trinajstić information content (AvgIpc) is 2.66. The van der Waals surface area contributed by atoms with Crippen LogP contribution < -0.4 is 0 Å². The molecule has 0 bridgehead atoms. The number of ether oxygens (including phenoxy) is 1. The summed E-state index contributed by atoms with van der Waals surface area (Å²) in [4.78, 5) is 25.2. The van der Waals surface area contributed by atoms with Crippen molar-refractivity contribution >= 4 is 33.5 Å². The highest BCUT2D eigenvalue weighted by atomic mass is 16.6. The molecule has 132 valence electrons. The maximum atomic E-state index is 12.6. The zero-order valence-corrected chi connectivity index (χ0v) is 14.0. The summed E-state index contributed by atoms with van der Waals surface area (Å²) in [6.45, 7) is 0. The van der Waals surface area contributed by atoms with E-state index in [-0.39, 0.29) is 22.6 Å². The number of phenolic OH excluding ortho intramolecular Hbond substituents is 2. The van der Waals surface area contributed by atoms with E-state index in [1.165, 1.54) is 24.3 Å². The topological polar surface area (TPSA) is 83.8 Å². The fourth-order valence-corrected chi connectivity index (χ4v) is 3.12. The van der Waals surface area contributed by atoms with Gasteiger partial charge in [0.05, 0.1) is 11.1 Å². The predicted molar refractivity (Wildman–Crippen MR) is 101 cm³/mol. The van der Waals surface area contributed by atoms with E-state index < -0.39 is 11.9 Å². The molecule has 5 heteroatoms. The number of phenols is 2. The summed E-state index contributed by atoms with van der Waals surface area (Å²) in [7, 11) is 0. The number of rotatable bonds is 2. The molecule has 0 saturated heterocycles. The second kappa shape index (κ2) is 6.46. The van der Waals surface area contributed by atoms with Crippen molar-refractivity contribution in [2.45, 2.75) is 0 Å². The van der Waals surface area contributed by atoms with Crippen molar-refractivity contribution in [1.82, 2.24) is 0 Å². The van der Waals surface area contributed by atoms with E-state index in [1.807, 2.05) is 0 Å². The fourth-order valence-electron chi connectivity index (χ4n) is 3.12. The van der Waals surface area contributed by atoms with Gasteiger partial charge >= 0.3 is 11.9 Å². The van der Waals surface area contributed by atoms with Crippen LogP contribution in [0, 0.1) is 0 Å². The minimum absolute atomic E-state index is 0.0865. The van der Waals surface area contributed by atoms with E-state index >= 15 is 0 Å². The zero-order chi connectivity index (χ0) is 19.0. The molecule has 0 radical (unpaired) electrons. The summed E-state index contributed by atoms with van der Waals surface area (Å²) in [5, 5.41) is 22.2. The van der Waals surface area contributed by atoms with Gasteiger partial charge in [0, 0.05) is 0 Å². The van der Waals surface area contributed by atoms with E-state index in [0.29, 0.717) is 21.5 Å². The minimum atomic E-state index is -0.875. The van der Waals surface area contributed by atoms with Gasteiger partial charge in [-0.2, -0.15) is 0 Å². The highest BCUT2D eigenvalue weighted by Crippen LogP contribution is 2.28. The molecule has 0 saturated carbocycles. The molecule has 0 atom stereocenters. The quantitative estimate of drug-likeness (QED) is 0.410. The van der Waals surface area contributed by atoms with Crippen molar-refractivity contribution in [2.75, 3.05) is 0 Å².